The zero-order valence-corrected chi connectivity index (χ0v) is 13.0. The van der Waals surface area contributed by atoms with Gasteiger partial charge in [-0.25, -0.2) is 0 Å². The first-order chi connectivity index (χ1) is 9.52. The van der Waals surface area contributed by atoms with Gasteiger partial charge < -0.3 is 5.32 Å². The predicted molar refractivity (Wildman–Crippen MR) is 82.7 cm³/mol. The van der Waals surface area contributed by atoms with Crippen LogP contribution < -0.4 is 5.32 Å². The van der Waals surface area contributed by atoms with Gasteiger partial charge in [0, 0.05) is 24.7 Å². The lowest BCUT2D eigenvalue weighted by Gasteiger charge is -2.34. The Labute approximate surface area is 126 Å². The van der Waals surface area contributed by atoms with Crippen LogP contribution in [0.15, 0.2) is 24.3 Å². The molecule has 0 unspecified atom stereocenters. The Morgan fingerprint density at radius 1 is 1.35 bits per heavy atom. The standard InChI is InChI=1S/C16H23ClN2O/c1-12-6-13(2)10-19(9-12)11-16(20)18-8-14-4-3-5-15(17)7-14/h3-5,7,12-13H,6,8-11H2,1-2H3,(H,18,20)/t12-,13-/m1/s1. The monoisotopic (exact) mass is 294 g/mol. The first kappa shape index (κ1) is 15.3. The number of likely N-dealkylation sites (tertiary alicyclic amines) is 1. The van der Waals surface area contributed by atoms with Crippen molar-refractivity contribution >= 4 is 17.5 Å². The van der Waals surface area contributed by atoms with E-state index in [-0.39, 0.29) is 5.91 Å². The van der Waals surface area contributed by atoms with Gasteiger partial charge in [-0.2, -0.15) is 0 Å². The van der Waals surface area contributed by atoms with Gasteiger partial charge in [-0.3, -0.25) is 9.69 Å². The number of rotatable bonds is 4. The minimum Gasteiger partial charge on any atom is -0.351 e. The van der Waals surface area contributed by atoms with Gasteiger partial charge in [0.2, 0.25) is 5.91 Å². The number of nitrogens with zero attached hydrogens (tertiary/aromatic N) is 1. The van der Waals surface area contributed by atoms with E-state index in [1.807, 2.05) is 24.3 Å². The first-order valence-corrected chi connectivity index (χ1v) is 7.64. The van der Waals surface area contributed by atoms with Crippen LogP contribution in [0.1, 0.15) is 25.8 Å². The third-order valence-electron chi connectivity index (χ3n) is 3.69. The highest BCUT2D eigenvalue weighted by atomic mass is 35.5. The maximum absolute atomic E-state index is 12.0. The number of hydrogen-bond donors (Lipinski definition) is 1. The van der Waals surface area contributed by atoms with Gasteiger partial charge in [0.05, 0.1) is 6.54 Å². The van der Waals surface area contributed by atoms with E-state index in [9.17, 15) is 4.79 Å². The molecule has 2 rings (SSSR count). The average molecular weight is 295 g/mol. The van der Waals surface area contributed by atoms with Gasteiger partial charge in [0.15, 0.2) is 0 Å². The molecular formula is C16H23ClN2O. The zero-order valence-electron chi connectivity index (χ0n) is 12.2. The molecule has 4 heteroatoms. The van der Waals surface area contributed by atoms with E-state index in [2.05, 4.69) is 24.1 Å². The van der Waals surface area contributed by atoms with Gasteiger partial charge in [-0.05, 0) is 36.0 Å². The van der Waals surface area contributed by atoms with Crippen LogP contribution in [0.2, 0.25) is 5.02 Å². The van der Waals surface area contributed by atoms with Gasteiger partial charge in [-0.1, -0.05) is 37.6 Å². The number of carbonyl (C=O) groups excluding carboxylic acids is 1. The van der Waals surface area contributed by atoms with Crippen LogP contribution in [0, 0.1) is 11.8 Å². The summed E-state index contributed by atoms with van der Waals surface area (Å²) >= 11 is 5.93. The van der Waals surface area contributed by atoms with Crippen molar-refractivity contribution in [1.29, 1.82) is 0 Å². The Bertz CT molecular complexity index is 454. The fourth-order valence-corrected chi connectivity index (χ4v) is 3.24. The lowest BCUT2D eigenvalue weighted by molar-refractivity contribution is -0.123. The van der Waals surface area contributed by atoms with E-state index in [1.54, 1.807) is 0 Å². The molecule has 0 bridgehead atoms. The summed E-state index contributed by atoms with van der Waals surface area (Å²) in [7, 11) is 0. The van der Waals surface area contributed by atoms with E-state index in [1.165, 1.54) is 6.42 Å². The SMILES string of the molecule is C[C@@H]1C[C@@H](C)CN(CC(=O)NCc2cccc(Cl)c2)C1. The average Bonchev–Trinajstić information content (AvgIpc) is 2.35. The Hall–Kier alpha value is -1.06. The van der Waals surface area contributed by atoms with Crippen LogP contribution in [0.4, 0.5) is 0 Å². The van der Waals surface area contributed by atoms with E-state index < -0.39 is 0 Å². The predicted octanol–water partition coefficient (Wildman–Crippen LogP) is 2.93. The fraction of sp³-hybridized carbons (Fsp3) is 0.562. The summed E-state index contributed by atoms with van der Waals surface area (Å²) in [4.78, 5) is 14.3. The molecule has 0 aliphatic carbocycles. The molecule has 1 amide bonds. The topological polar surface area (TPSA) is 32.3 Å². The molecule has 1 aliphatic heterocycles. The minimum absolute atomic E-state index is 0.0891. The van der Waals surface area contributed by atoms with Crippen molar-refractivity contribution in [3.05, 3.63) is 34.9 Å². The van der Waals surface area contributed by atoms with Crippen LogP contribution >= 0.6 is 11.6 Å². The number of hydrogen-bond acceptors (Lipinski definition) is 2. The maximum Gasteiger partial charge on any atom is 0.234 e. The van der Waals surface area contributed by atoms with Gasteiger partial charge in [0.1, 0.15) is 0 Å². The molecule has 0 spiro atoms. The highest BCUT2D eigenvalue weighted by Crippen LogP contribution is 2.20. The quantitative estimate of drug-likeness (QED) is 0.926. The molecule has 3 nitrogen and oxygen atoms in total. The second kappa shape index (κ2) is 7.09. The lowest BCUT2D eigenvalue weighted by Crippen LogP contribution is -2.44. The van der Waals surface area contributed by atoms with Crippen LogP contribution in [0.25, 0.3) is 0 Å². The molecule has 1 aromatic carbocycles. The van der Waals surface area contributed by atoms with Gasteiger partial charge >= 0.3 is 0 Å². The Morgan fingerprint density at radius 2 is 2.05 bits per heavy atom. The second-order valence-corrected chi connectivity index (χ2v) is 6.48. The Balaban J connectivity index is 1.78. The summed E-state index contributed by atoms with van der Waals surface area (Å²) in [6.45, 7) is 7.59. The van der Waals surface area contributed by atoms with Gasteiger partial charge in [-0.15, -0.1) is 0 Å². The molecule has 1 saturated heterocycles. The molecule has 1 heterocycles. The normalized spacial score (nSPS) is 23.6. The first-order valence-electron chi connectivity index (χ1n) is 7.26. The van der Waals surface area contributed by atoms with Crippen molar-refractivity contribution < 1.29 is 4.79 Å². The number of nitrogens with one attached hydrogen (secondary N) is 1. The molecule has 1 aliphatic rings. The largest absolute Gasteiger partial charge is 0.351 e. The molecular weight excluding hydrogens is 272 g/mol. The molecule has 1 fully saturated rings. The summed E-state index contributed by atoms with van der Waals surface area (Å²) in [5.74, 6) is 1.45. The summed E-state index contributed by atoms with van der Waals surface area (Å²) < 4.78 is 0. The highest BCUT2D eigenvalue weighted by Gasteiger charge is 2.23. The number of benzene rings is 1. The van der Waals surface area contributed by atoms with Gasteiger partial charge in [0.25, 0.3) is 0 Å². The smallest absolute Gasteiger partial charge is 0.234 e. The van der Waals surface area contributed by atoms with Crippen molar-refractivity contribution in [2.45, 2.75) is 26.8 Å². The van der Waals surface area contributed by atoms with Crippen molar-refractivity contribution in [2.75, 3.05) is 19.6 Å². The molecule has 20 heavy (non-hydrogen) atoms. The van der Waals surface area contributed by atoms with Crippen molar-refractivity contribution in [2.24, 2.45) is 11.8 Å². The molecule has 1 N–H and O–H groups in total. The van der Waals surface area contributed by atoms with Crippen molar-refractivity contribution in [3.63, 3.8) is 0 Å². The molecule has 0 radical (unpaired) electrons. The summed E-state index contributed by atoms with van der Waals surface area (Å²) in [6, 6.07) is 7.59. The number of halogens is 1. The van der Waals surface area contributed by atoms with E-state index in [0.29, 0.717) is 29.9 Å². The van der Waals surface area contributed by atoms with E-state index in [4.69, 9.17) is 11.6 Å². The minimum atomic E-state index is 0.0891. The summed E-state index contributed by atoms with van der Waals surface area (Å²) in [5.41, 5.74) is 1.03. The number of carbonyl (C=O) groups is 1. The van der Waals surface area contributed by atoms with E-state index >= 15 is 0 Å². The van der Waals surface area contributed by atoms with Crippen LogP contribution in [-0.4, -0.2) is 30.4 Å². The van der Waals surface area contributed by atoms with Crippen molar-refractivity contribution in [3.8, 4) is 0 Å². The third-order valence-corrected chi connectivity index (χ3v) is 3.93. The molecule has 0 saturated carbocycles. The Kier molecular flexibility index (Phi) is 5.44. The van der Waals surface area contributed by atoms with E-state index in [0.717, 1.165) is 18.7 Å². The molecule has 2 atom stereocenters. The second-order valence-electron chi connectivity index (χ2n) is 6.05. The molecule has 110 valence electrons. The van der Waals surface area contributed by atoms with Crippen molar-refractivity contribution in [1.82, 2.24) is 10.2 Å². The zero-order chi connectivity index (χ0) is 14.5. The maximum atomic E-state index is 12.0. The number of piperidine rings is 1. The van der Waals surface area contributed by atoms with Crippen LogP contribution in [-0.2, 0) is 11.3 Å². The lowest BCUT2D eigenvalue weighted by atomic mass is 9.92. The van der Waals surface area contributed by atoms with Crippen LogP contribution in [0.5, 0.6) is 0 Å². The Morgan fingerprint density at radius 3 is 2.70 bits per heavy atom. The molecule has 0 aromatic heterocycles. The summed E-state index contributed by atoms with van der Waals surface area (Å²) in [6.07, 6.45) is 1.26. The summed E-state index contributed by atoms with van der Waals surface area (Å²) in [5, 5.41) is 3.67. The third kappa shape index (κ3) is 4.80. The van der Waals surface area contributed by atoms with Crippen LogP contribution in [0.3, 0.4) is 0 Å². The fourth-order valence-electron chi connectivity index (χ4n) is 3.03. The molecule has 1 aromatic rings. The number of amides is 1. The highest BCUT2D eigenvalue weighted by molar-refractivity contribution is 6.30.